The van der Waals surface area contributed by atoms with E-state index in [1.807, 2.05) is 13.8 Å². The molecule has 0 saturated carbocycles. The van der Waals surface area contributed by atoms with Crippen LogP contribution < -0.4 is 5.32 Å². The summed E-state index contributed by atoms with van der Waals surface area (Å²) < 4.78 is 0. The average Bonchev–Trinajstić information content (AvgIpc) is 2.33. The Bertz CT molecular complexity index is 467. The maximum Gasteiger partial charge on any atom is 0.328 e. The summed E-state index contributed by atoms with van der Waals surface area (Å²) in [7, 11) is 0. The van der Waals surface area contributed by atoms with Gasteiger partial charge in [-0.25, -0.2) is 4.79 Å². The molecule has 0 atom stereocenters. The van der Waals surface area contributed by atoms with Gasteiger partial charge in [0.15, 0.2) is 0 Å². The van der Waals surface area contributed by atoms with Gasteiger partial charge in [0.1, 0.15) is 5.69 Å². The van der Waals surface area contributed by atoms with Gasteiger partial charge in [0, 0.05) is 24.4 Å². The number of aliphatic carboxylic acids is 1. The van der Waals surface area contributed by atoms with Crippen LogP contribution in [0, 0.1) is 5.92 Å². The largest absolute Gasteiger partial charge is 0.478 e. The van der Waals surface area contributed by atoms with E-state index < -0.39 is 5.97 Å². The standard InChI is InChI=1S/C13H16N2O3/c1-9(2)8-15-13(18)12-10(4-3-7-14-12)5-6-11(16)17/h3-7,9H,8H2,1-2H3,(H,15,18)(H,16,17)/b6-5+. The Labute approximate surface area is 106 Å². The number of hydrogen-bond acceptors (Lipinski definition) is 3. The summed E-state index contributed by atoms with van der Waals surface area (Å²) in [5.41, 5.74) is 0.719. The Balaban J connectivity index is 2.87. The van der Waals surface area contributed by atoms with E-state index in [4.69, 9.17) is 5.11 Å². The van der Waals surface area contributed by atoms with E-state index in [2.05, 4.69) is 10.3 Å². The van der Waals surface area contributed by atoms with Crippen LogP contribution in [0.2, 0.25) is 0 Å². The molecule has 0 unspecified atom stereocenters. The van der Waals surface area contributed by atoms with Crippen molar-refractivity contribution >= 4 is 18.0 Å². The molecule has 1 amide bonds. The second-order valence-corrected chi connectivity index (χ2v) is 4.22. The second-order valence-electron chi connectivity index (χ2n) is 4.22. The molecule has 0 aliphatic rings. The van der Waals surface area contributed by atoms with Crippen LogP contribution in [0.4, 0.5) is 0 Å². The average molecular weight is 248 g/mol. The van der Waals surface area contributed by atoms with Crippen LogP contribution >= 0.6 is 0 Å². The van der Waals surface area contributed by atoms with Crippen molar-refractivity contribution in [1.29, 1.82) is 0 Å². The Morgan fingerprint density at radius 2 is 2.22 bits per heavy atom. The number of carboxylic acid groups (broad SMARTS) is 1. The van der Waals surface area contributed by atoms with E-state index in [0.29, 0.717) is 18.0 Å². The molecule has 0 radical (unpaired) electrons. The first-order valence-electron chi connectivity index (χ1n) is 5.65. The first kappa shape index (κ1) is 13.9. The van der Waals surface area contributed by atoms with E-state index in [9.17, 15) is 9.59 Å². The monoisotopic (exact) mass is 248 g/mol. The summed E-state index contributed by atoms with van der Waals surface area (Å²) >= 11 is 0. The van der Waals surface area contributed by atoms with Gasteiger partial charge in [0.2, 0.25) is 0 Å². The van der Waals surface area contributed by atoms with Crippen molar-refractivity contribution < 1.29 is 14.7 Å². The lowest BCUT2D eigenvalue weighted by Gasteiger charge is -2.08. The van der Waals surface area contributed by atoms with E-state index in [1.165, 1.54) is 12.3 Å². The van der Waals surface area contributed by atoms with Gasteiger partial charge >= 0.3 is 5.97 Å². The Kier molecular flexibility index (Phi) is 5.05. The Morgan fingerprint density at radius 3 is 2.83 bits per heavy atom. The molecule has 0 aliphatic heterocycles. The van der Waals surface area contributed by atoms with Gasteiger partial charge in [-0.3, -0.25) is 9.78 Å². The van der Waals surface area contributed by atoms with Crippen molar-refractivity contribution in [2.24, 2.45) is 5.92 Å². The van der Waals surface area contributed by atoms with E-state index in [-0.39, 0.29) is 11.6 Å². The smallest absolute Gasteiger partial charge is 0.328 e. The van der Waals surface area contributed by atoms with Gasteiger partial charge in [-0.2, -0.15) is 0 Å². The molecular weight excluding hydrogens is 232 g/mol. The number of amides is 1. The first-order chi connectivity index (χ1) is 8.50. The molecule has 2 N–H and O–H groups in total. The minimum Gasteiger partial charge on any atom is -0.478 e. The van der Waals surface area contributed by atoms with Crippen LogP contribution in [0.15, 0.2) is 24.4 Å². The molecule has 1 heterocycles. The van der Waals surface area contributed by atoms with Crippen LogP contribution in [0.25, 0.3) is 6.08 Å². The maximum absolute atomic E-state index is 11.9. The zero-order valence-corrected chi connectivity index (χ0v) is 10.4. The SMILES string of the molecule is CC(C)CNC(=O)c1ncccc1/C=C/C(=O)O. The fourth-order valence-corrected chi connectivity index (χ4v) is 1.28. The number of pyridine rings is 1. The highest BCUT2D eigenvalue weighted by atomic mass is 16.4. The zero-order chi connectivity index (χ0) is 13.5. The number of rotatable bonds is 5. The lowest BCUT2D eigenvalue weighted by atomic mass is 10.1. The van der Waals surface area contributed by atoms with E-state index in [1.54, 1.807) is 12.1 Å². The normalized spacial score (nSPS) is 10.8. The summed E-state index contributed by atoms with van der Waals surface area (Å²) in [6.45, 7) is 4.53. The molecule has 0 bridgehead atoms. The van der Waals surface area contributed by atoms with Crippen molar-refractivity contribution in [2.45, 2.75) is 13.8 Å². The van der Waals surface area contributed by atoms with Crippen LogP contribution in [-0.2, 0) is 4.79 Å². The summed E-state index contributed by atoms with van der Waals surface area (Å²) in [6.07, 6.45) is 3.85. The number of carboxylic acids is 1. The van der Waals surface area contributed by atoms with Gasteiger partial charge in [0.25, 0.3) is 5.91 Å². The lowest BCUT2D eigenvalue weighted by molar-refractivity contribution is -0.131. The highest BCUT2D eigenvalue weighted by Gasteiger charge is 2.11. The number of carbonyl (C=O) groups is 2. The third kappa shape index (κ3) is 4.37. The molecule has 0 saturated heterocycles. The predicted molar refractivity (Wildman–Crippen MR) is 68.1 cm³/mol. The Morgan fingerprint density at radius 1 is 1.50 bits per heavy atom. The molecule has 5 nitrogen and oxygen atoms in total. The van der Waals surface area contributed by atoms with Gasteiger partial charge < -0.3 is 10.4 Å². The number of aromatic nitrogens is 1. The molecule has 5 heteroatoms. The molecule has 0 aromatic carbocycles. The van der Waals surface area contributed by atoms with Gasteiger partial charge in [-0.1, -0.05) is 19.9 Å². The van der Waals surface area contributed by atoms with Crippen LogP contribution in [0.5, 0.6) is 0 Å². The first-order valence-corrected chi connectivity index (χ1v) is 5.65. The van der Waals surface area contributed by atoms with Gasteiger partial charge in [-0.15, -0.1) is 0 Å². The fraction of sp³-hybridized carbons (Fsp3) is 0.308. The molecular formula is C13H16N2O3. The van der Waals surface area contributed by atoms with Crippen LogP contribution in [0.3, 0.4) is 0 Å². The topological polar surface area (TPSA) is 79.3 Å². The van der Waals surface area contributed by atoms with Gasteiger partial charge in [0.05, 0.1) is 0 Å². The molecule has 1 aromatic rings. The molecule has 96 valence electrons. The maximum atomic E-state index is 11.9. The number of nitrogens with one attached hydrogen (secondary N) is 1. The molecule has 1 aromatic heterocycles. The molecule has 0 fully saturated rings. The second kappa shape index (κ2) is 6.54. The lowest BCUT2D eigenvalue weighted by Crippen LogP contribution is -2.28. The van der Waals surface area contributed by atoms with Crippen molar-refractivity contribution in [3.05, 3.63) is 35.7 Å². The van der Waals surface area contributed by atoms with Crippen LogP contribution in [0.1, 0.15) is 29.9 Å². The number of nitrogens with zero attached hydrogens (tertiary/aromatic N) is 1. The highest BCUT2D eigenvalue weighted by molar-refractivity contribution is 5.97. The Hall–Kier alpha value is -2.17. The van der Waals surface area contributed by atoms with Crippen molar-refractivity contribution in [3.8, 4) is 0 Å². The zero-order valence-electron chi connectivity index (χ0n) is 10.4. The summed E-state index contributed by atoms with van der Waals surface area (Å²) in [4.78, 5) is 26.3. The minimum atomic E-state index is -1.06. The third-order valence-electron chi connectivity index (χ3n) is 2.13. The van der Waals surface area contributed by atoms with Crippen molar-refractivity contribution in [2.75, 3.05) is 6.54 Å². The summed E-state index contributed by atoms with van der Waals surface area (Å²) in [5.74, 6) is -1.02. The molecule has 18 heavy (non-hydrogen) atoms. The van der Waals surface area contributed by atoms with E-state index >= 15 is 0 Å². The van der Waals surface area contributed by atoms with Gasteiger partial charge in [-0.05, 0) is 18.1 Å². The summed E-state index contributed by atoms with van der Waals surface area (Å²) in [5, 5.41) is 11.3. The third-order valence-corrected chi connectivity index (χ3v) is 2.13. The quantitative estimate of drug-likeness (QED) is 0.775. The van der Waals surface area contributed by atoms with E-state index in [0.717, 1.165) is 6.08 Å². The minimum absolute atomic E-state index is 0.232. The van der Waals surface area contributed by atoms with Crippen LogP contribution in [-0.4, -0.2) is 28.5 Å². The van der Waals surface area contributed by atoms with Crippen molar-refractivity contribution in [3.63, 3.8) is 0 Å². The highest BCUT2D eigenvalue weighted by Crippen LogP contribution is 2.07. The number of hydrogen-bond donors (Lipinski definition) is 2. The predicted octanol–water partition coefficient (Wildman–Crippen LogP) is 1.57. The molecule has 1 rings (SSSR count). The van der Waals surface area contributed by atoms with Crippen molar-refractivity contribution in [1.82, 2.24) is 10.3 Å². The summed E-state index contributed by atoms with van der Waals surface area (Å²) in [6, 6.07) is 3.30. The fourth-order valence-electron chi connectivity index (χ4n) is 1.28. The molecule has 0 aliphatic carbocycles. The number of carbonyl (C=O) groups excluding carboxylic acids is 1. The molecule has 0 spiro atoms.